The van der Waals surface area contributed by atoms with Gasteiger partial charge in [-0.15, -0.1) is 0 Å². The van der Waals surface area contributed by atoms with Crippen molar-refractivity contribution >= 4 is 0 Å². The molecule has 2 aromatic carbocycles. The van der Waals surface area contributed by atoms with Crippen molar-refractivity contribution in [3.05, 3.63) is 83.9 Å². The maximum atomic E-state index is 2.39. The minimum atomic E-state index is 0.372. The molecule has 0 N–H and O–H groups in total. The van der Waals surface area contributed by atoms with E-state index >= 15 is 0 Å². The van der Waals surface area contributed by atoms with E-state index in [-0.39, 0.29) is 0 Å². The summed E-state index contributed by atoms with van der Waals surface area (Å²) in [6, 6.07) is 21.7. The highest BCUT2D eigenvalue weighted by atomic mass is 14.1. The van der Waals surface area contributed by atoms with Gasteiger partial charge in [-0.05, 0) is 24.0 Å². The largest absolute Gasteiger partial charge is 0.0876 e. The van der Waals surface area contributed by atoms with E-state index < -0.39 is 0 Å². The monoisotopic (exact) mass is 334 g/mol. The quantitative estimate of drug-likeness (QED) is 0.273. The summed E-state index contributed by atoms with van der Waals surface area (Å²) in [5, 5.41) is 0. The molecule has 0 nitrogen and oxygen atoms in total. The summed E-state index contributed by atoms with van der Waals surface area (Å²) in [6.45, 7) is 2.28. The van der Waals surface area contributed by atoms with E-state index in [1.165, 1.54) is 68.9 Å². The number of rotatable bonds is 12. The lowest BCUT2D eigenvalue weighted by molar-refractivity contribution is 0.577. The number of benzene rings is 2. The van der Waals surface area contributed by atoms with Gasteiger partial charge in [-0.3, -0.25) is 0 Å². The van der Waals surface area contributed by atoms with Crippen molar-refractivity contribution in [2.24, 2.45) is 0 Å². The lowest BCUT2D eigenvalue weighted by Gasteiger charge is -2.14. The van der Waals surface area contributed by atoms with E-state index in [0.717, 1.165) is 0 Å². The summed E-state index contributed by atoms with van der Waals surface area (Å²) in [5.41, 5.74) is 2.75. The molecule has 0 spiro atoms. The van der Waals surface area contributed by atoms with Crippen LogP contribution in [0.5, 0.6) is 0 Å². The first kappa shape index (κ1) is 19.5. The Morgan fingerprint density at radius 2 is 1.12 bits per heavy atom. The third-order valence-corrected chi connectivity index (χ3v) is 4.87. The SMILES string of the molecule is CCCCCCCCCCC=CC(c1ccccc1)c1ccccc1. The summed E-state index contributed by atoms with van der Waals surface area (Å²) < 4.78 is 0. The molecule has 0 aliphatic rings. The highest BCUT2D eigenvalue weighted by Crippen LogP contribution is 2.26. The van der Waals surface area contributed by atoms with E-state index in [2.05, 4.69) is 79.7 Å². The van der Waals surface area contributed by atoms with Crippen molar-refractivity contribution in [2.75, 3.05) is 0 Å². The average Bonchev–Trinajstić information content (AvgIpc) is 2.67. The van der Waals surface area contributed by atoms with E-state index in [1.807, 2.05) is 0 Å². The minimum Gasteiger partial charge on any atom is -0.0876 e. The Balaban J connectivity index is 1.77. The first-order valence-corrected chi connectivity index (χ1v) is 10.2. The first-order valence-electron chi connectivity index (χ1n) is 10.2. The zero-order chi connectivity index (χ0) is 17.6. The molecule has 0 unspecified atom stereocenters. The van der Waals surface area contributed by atoms with Crippen LogP contribution in [0.15, 0.2) is 72.8 Å². The van der Waals surface area contributed by atoms with Crippen LogP contribution in [0.2, 0.25) is 0 Å². The van der Waals surface area contributed by atoms with Crippen LogP contribution in [0.4, 0.5) is 0 Å². The number of unbranched alkanes of at least 4 members (excludes halogenated alkanes) is 8. The van der Waals surface area contributed by atoms with E-state index in [1.54, 1.807) is 0 Å². The van der Waals surface area contributed by atoms with Gasteiger partial charge in [0, 0.05) is 5.92 Å². The molecule has 0 saturated carbocycles. The van der Waals surface area contributed by atoms with Crippen molar-refractivity contribution in [1.29, 1.82) is 0 Å². The molecule has 0 amide bonds. The van der Waals surface area contributed by atoms with Crippen LogP contribution in [0, 0.1) is 0 Å². The van der Waals surface area contributed by atoms with Gasteiger partial charge in [-0.1, -0.05) is 125 Å². The van der Waals surface area contributed by atoms with Crippen LogP contribution in [0.1, 0.15) is 81.8 Å². The summed E-state index contributed by atoms with van der Waals surface area (Å²) >= 11 is 0. The molecule has 0 aromatic heterocycles. The molecule has 25 heavy (non-hydrogen) atoms. The zero-order valence-electron chi connectivity index (χ0n) is 15.9. The maximum Gasteiger partial charge on any atom is 0.0269 e. The van der Waals surface area contributed by atoms with Crippen molar-refractivity contribution in [3.63, 3.8) is 0 Å². The summed E-state index contributed by atoms with van der Waals surface area (Å²) in [7, 11) is 0. The maximum absolute atomic E-state index is 2.39. The minimum absolute atomic E-state index is 0.372. The van der Waals surface area contributed by atoms with Gasteiger partial charge in [0.2, 0.25) is 0 Å². The van der Waals surface area contributed by atoms with Crippen molar-refractivity contribution < 1.29 is 0 Å². The molecule has 0 fully saturated rings. The lowest BCUT2D eigenvalue weighted by atomic mass is 9.90. The van der Waals surface area contributed by atoms with Gasteiger partial charge in [0.05, 0.1) is 0 Å². The van der Waals surface area contributed by atoms with Crippen molar-refractivity contribution in [3.8, 4) is 0 Å². The second kappa shape index (κ2) is 12.5. The average molecular weight is 335 g/mol. The highest BCUT2D eigenvalue weighted by Gasteiger charge is 2.09. The first-order chi connectivity index (χ1) is 12.4. The molecule has 0 saturated heterocycles. The molecule has 0 heterocycles. The van der Waals surface area contributed by atoms with Crippen LogP contribution in [0.25, 0.3) is 0 Å². The fourth-order valence-corrected chi connectivity index (χ4v) is 3.36. The number of hydrogen-bond acceptors (Lipinski definition) is 0. The van der Waals surface area contributed by atoms with Crippen LogP contribution in [-0.4, -0.2) is 0 Å². The zero-order valence-corrected chi connectivity index (χ0v) is 15.9. The fraction of sp³-hybridized carbons (Fsp3) is 0.440. The molecule has 0 atom stereocenters. The van der Waals surface area contributed by atoms with Crippen LogP contribution in [0.3, 0.4) is 0 Å². The fourth-order valence-electron chi connectivity index (χ4n) is 3.36. The molecule has 0 heteroatoms. The Bertz CT molecular complexity index is 528. The van der Waals surface area contributed by atoms with E-state index in [0.29, 0.717) is 5.92 Å². The van der Waals surface area contributed by atoms with Gasteiger partial charge in [0.25, 0.3) is 0 Å². The van der Waals surface area contributed by atoms with Gasteiger partial charge in [0.15, 0.2) is 0 Å². The number of hydrogen-bond donors (Lipinski definition) is 0. The topological polar surface area (TPSA) is 0 Å². The Morgan fingerprint density at radius 3 is 1.64 bits per heavy atom. The van der Waals surface area contributed by atoms with Gasteiger partial charge in [-0.25, -0.2) is 0 Å². The predicted molar refractivity (Wildman–Crippen MR) is 111 cm³/mol. The van der Waals surface area contributed by atoms with E-state index in [9.17, 15) is 0 Å². The van der Waals surface area contributed by atoms with Crippen molar-refractivity contribution in [2.45, 2.75) is 70.6 Å². The summed E-state index contributed by atoms with van der Waals surface area (Å²) in [4.78, 5) is 0. The van der Waals surface area contributed by atoms with Gasteiger partial charge in [-0.2, -0.15) is 0 Å². The molecule has 2 rings (SSSR count). The third-order valence-electron chi connectivity index (χ3n) is 4.87. The molecule has 0 aliphatic heterocycles. The highest BCUT2D eigenvalue weighted by molar-refractivity contribution is 5.36. The molecular weight excluding hydrogens is 300 g/mol. The Kier molecular flexibility index (Phi) is 9.77. The van der Waals surface area contributed by atoms with Crippen LogP contribution in [-0.2, 0) is 0 Å². The molecular formula is C25H34. The number of allylic oxidation sites excluding steroid dienone is 2. The van der Waals surface area contributed by atoms with Gasteiger partial charge < -0.3 is 0 Å². The Hall–Kier alpha value is -1.82. The van der Waals surface area contributed by atoms with Crippen LogP contribution < -0.4 is 0 Å². The van der Waals surface area contributed by atoms with Crippen molar-refractivity contribution in [1.82, 2.24) is 0 Å². The summed E-state index contributed by atoms with van der Waals surface area (Å²) in [5.74, 6) is 0.372. The molecule has 2 aromatic rings. The molecule has 0 bridgehead atoms. The standard InChI is InChI=1S/C25H34/c1-2-3-4-5-6-7-8-9-10-17-22-25(23-18-13-11-14-19-23)24-20-15-12-16-21-24/h11-22,25H,2-10H2,1H3. The molecule has 134 valence electrons. The Labute approximate surface area is 155 Å². The second-order valence-electron chi connectivity index (χ2n) is 6.99. The van der Waals surface area contributed by atoms with E-state index in [4.69, 9.17) is 0 Å². The predicted octanol–water partition coefficient (Wildman–Crippen LogP) is 7.91. The molecule has 0 radical (unpaired) electrons. The van der Waals surface area contributed by atoms with Crippen LogP contribution >= 0.6 is 0 Å². The Morgan fingerprint density at radius 1 is 0.640 bits per heavy atom. The molecule has 0 aliphatic carbocycles. The lowest BCUT2D eigenvalue weighted by Crippen LogP contribution is -1.97. The van der Waals surface area contributed by atoms with Gasteiger partial charge in [0.1, 0.15) is 0 Å². The van der Waals surface area contributed by atoms with Gasteiger partial charge >= 0.3 is 0 Å². The smallest absolute Gasteiger partial charge is 0.0269 e. The summed E-state index contributed by atoms with van der Waals surface area (Å²) in [6.07, 6.45) is 17.1. The normalized spacial score (nSPS) is 11.4. The second-order valence-corrected chi connectivity index (χ2v) is 6.99. The third kappa shape index (κ3) is 7.73.